The molecule has 0 spiro atoms. The molecule has 122 valence electrons. The predicted molar refractivity (Wildman–Crippen MR) is 88.2 cm³/mol. The number of ether oxygens (including phenoxy) is 2. The molecule has 0 radical (unpaired) electrons. The first kappa shape index (κ1) is 16.8. The van der Waals surface area contributed by atoms with Crippen LogP contribution in [0.4, 0.5) is 5.69 Å². The maximum absolute atomic E-state index is 12.5. The van der Waals surface area contributed by atoms with Crippen molar-refractivity contribution in [1.82, 2.24) is 0 Å². The van der Waals surface area contributed by atoms with E-state index < -0.39 is 5.60 Å². The van der Waals surface area contributed by atoms with Crippen LogP contribution in [0.2, 0.25) is 0 Å². The summed E-state index contributed by atoms with van der Waals surface area (Å²) in [5.74, 6) is 1.58. The molecule has 1 aliphatic rings. The molecule has 1 aromatic carbocycles. The van der Waals surface area contributed by atoms with Gasteiger partial charge in [0.2, 0.25) is 0 Å². The third-order valence-electron chi connectivity index (χ3n) is 3.95. The lowest BCUT2D eigenvalue weighted by atomic mass is 9.99. The summed E-state index contributed by atoms with van der Waals surface area (Å²) in [6.07, 6.45) is 2.12. The van der Waals surface area contributed by atoms with Crippen LogP contribution in [0.5, 0.6) is 5.75 Å². The van der Waals surface area contributed by atoms with Crippen molar-refractivity contribution in [2.75, 3.05) is 18.5 Å². The molecule has 1 atom stereocenters. The molecule has 1 unspecified atom stereocenters. The third kappa shape index (κ3) is 4.23. The van der Waals surface area contributed by atoms with Crippen molar-refractivity contribution in [3.05, 3.63) is 24.3 Å². The van der Waals surface area contributed by atoms with Crippen LogP contribution in [0.1, 0.15) is 40.5 Å². The molecule has 1 amide bonds. The summed E-state index contributed by atoms with van der Waals surface area (Å²) in [5.41, 5.74) is 0.0511. The van der Waals surface area contributed by atoms with Gasteiger partial charge in [-0.1, -0.05) is 13.8 Å². The number of amides is 1. The highest BCUT2D eigenvalue weighted by molar-refractivity contribution is 5.97. The second-order valence-electron chi connectivity index (χ2n) is 6.50. The van der Waals surface area contributed by atoms with Crippen molar-refractivity contribution in [3.63, 3.8) is 0 Å². The molecule has 0 bridgehead atoms. The Labute approximate surface area is 133 Å². The quantitative estimate of drug-likeness (QED) is 0.793. The normalized spacial score (nSPS) is 17.1. The Morgan fingerprint density at radius 1 is 1.32 bits per heavy atom. The summed E-state index contributed by atoms with van der Waals surface area (Å²) in [7, 11) is 0. The van der Waals surface area contributed by atoms with Gasteiger partial charge in [0.1, 0.15) is 11.4 Å². The third-order valence-corrected chi connectivity index (χ3v) is 3.95. The van der Waals surface area contributed by atoms with E-state index in [0.29, 0.717) is 25.0 Å². The van der Waals surface area contributed by atoms with Crippen LogP contribution in [0.15, 0.2) is 24.3 Å². The molecule has 1 saturated carbocycles. The monoisotopic (exact) mass is 305 g/mol. The summed E-state index contributed by atoms with van der Waals surface area (Å²) in [4.78, 5) is 12.5. The van der Waals surface area contributed by atoms with Crippen LogP contribution in [0.25, 0.3) is 0 Å². The van der Waals surface area contributed by atoms with Crippen molar-refractivity contribution < 1.29 is 14.3 Å². The molecular weight excluding hydrogens is 278 g/mol. The summed E-state index contributed by atoms with van der Waals surface area (Å²) in [6.45, 7) is 9.28. The summed E-state index contributed by atoms with van der Waals surface area (Å²) in [5, 5.41) is 2.96. The summed E-state index contributed by atoms with van der Waals surface area (Å²) in [6, 6.07) is 7.50. The van der Waals surface area contributed by atoms with Crippen molar-refractivity contribution in [1.29, 1.82) is 0 Å². The van der Waals surface area contributed by atoms with Gasteiger partial charge in [0, 0.05) is 12.3 Å². The Morgan fingerprint density at radius 2 is 1.95 bits per heavy atom. The fraction of sp³-hybridized carbons (Fsp3) is 0.611. The van der Waals surface area contributed by atoms with E-state index >= 15 is 0 Å². The van der Waals surface area contributed by atoms with Gasteiger partial charge in [0.05, 0.1) is 6.61 Å². The summed E-state index contributed by atoms with van der Waals surface area (Å²) >= 11 is 0. The van der Waals surface area contributed by atoms with Crippen molar-refractivity contribution in [3.8, 4) is 5.75 Å². The van der Waals surface area contributed by atoms with Crippen molar-refractivity contribution >= 4 is 11.6 Å². The van der Waals surface area contributed by atoms with Gasteiger partial charge in [-0.3, -0.25) is 4.79 Å². The predicted octanol–water partition coefficient (Wildman–Crippen LogP) is 3.87. The minimum atomic E-state index is -0.721. The largest absolute Gasteiger partial charge is 0.493 e. The van der Waals surface area contributed by atoms with Crippen LogP contribution in [0.3, 0.4) is 0 Å². The molecule has 1 N–H and O–H groups in total. The van der Waals surface area contributed by atoms with Gasteiger partial charge in [-0.15, -0.1) is 0 Å². The van der Waals surface area contributed by atoms with Gasteiger partial charge in [0.25, 0.3) is 5.91 Å². The molecule has 1 aromatic rings. The fourth-order valence-electron chi connectivity index (χ4n) is 2.46. The second kappa shape index (κ2) is 7.14. The van der Waals surface area contributed by atoms with E-state index in [1.807, 2.05) is 38.1 Å². The van der Waals surface area contributed by atoms with E-state index in [9.17, 15) is 4.79 Å². The highest BCUT2D eigenvalue weighted by Crippen LogP contribution is 2.42. The molecule has 1 fully saturated rings. The SMILES string of the molecule is CCOC(C)(C(=O)Nc1ccc(OCC(C)C)cc1)C1CC1. The Hall–Kier alpha value is -1.55. The molecular formula is C18H27NO3. The Kier molecular flexibility index (Phi) is 5.46. The van der Waals surface area contributed by atoms with Crippen LogP contribution in [-0.4, -0.2) is 24.7 Å². The standard InChI is InChI=1S/C18H27NO3/c1-5-22-18(4,14-6-7-14)17(20)19-15-8-10-16(11-9-15)21-12-13(2)3/h8-11,13-14H,5-7,12H2,1-4H3,(H,19,20). The van der Waals surface area contributed by atoms with Crippen LogP contribution < -0.4 is 10.1 Å². The number of hydrogen-bond acceptors (Lipinski definition) is 3. The van der Waals surface area contributed by atoms with Crippen molar-refractivity contribution in [2.24, 2.45) is 11.8 Å². The molecule has 0 aromatic heterocycles. The molecule has 1 aliphatic carbocycles. The van der Waals surface area contributed by atoms with Crippen LogP contribution in [-0.2, 0) is 9.53 Å². The van der Waals surface area contributed by atoms with E-state index in [2.05, 4.69) is 19.2 Å². The number of benzene rings is 1. The Morgan fingerprint density at radius 3 is 2.45 bits per heavy atom. The lowest BCUT2D eigenvalue weighted by Gasteiger charge is -2.28. The zero-order chi connectivity index (χ0) is 16.2. The van der Waals surface area contributed by atoms with Crippen LogP contribution in [0, 0.1) is 11.8 Å². The number of carbonyl (C=O) groups is 1. The van der Waals surface area contributed by atoms with Gasteiger partial charge >= 0.3 is 0 Å². The van der Waals surface area contributed by atoms with E-state index in [1.165, 1.54) is 0 Å². The molecule has 22 heavy (non-hydrogen) atoms. The number of anilines is 1. The summed E-state index contributed by atoms with van der Waals surface area (Å²) < 4.78 is 11.4. The number of hydrogen-bond donors (Lipinski definition) is 1. The van der Waals surface area contributed by atoms with Gasteiger partial charge in [-0.2, -0.15) is 0 Å². The highest BCUT2D eigenvalue weighted by Gasteiger charge is 2.48. The first-order valence-corrected chi connectivity index (χ1v) is 8.14. The minimum absolute atomic E-state index is 0.0623. The second-order valence-corrected chi connectivity index (χ2v) is 6.50. The first-order valence-electron chi connectivity index (χ1n) is 8.14. The molecule has 0 heterocycles. The average molecular weight is 305 g/mol. The van der Waals surface area contributed by atoms with Gasteiger partial charge in [-0.25, -0.2) is 0 Å². The van der Waals surface area contributed by atoms with Gasteiger partial charge in [0.15, 0.2) is 0 Å². The van der Waals surface area contributed by atoms with Gasteiger partial charge in [-0.05, 0) is 62.8 Å². The minimum Gasteiger partial charge on any atom is -0.493 e. The van der Waals surface area contributed by atoms with E-state index in [4.69, 9.17) is 9.47 Å². The molecule has 0 saturated heterocycles. The zero-order valence-corrected chi connectivity index (χ0v) is 14.0. The molecule has 4 nitrogen and oxygen atoms in total. The Balaban J connectivity index is 1.96. The Bertz CT molecular complexity index is 494. The molecule has 0 aliphatic heterocycles. The average Bonchev–Trinajstić information content (AvgIpc) is 3.31. The number of rotatable bonds is 8. The maximum Gasteiger partial charge on any atom is 0.256 e. The smallest absolute Gasteiger partial charge is 0.256 e. The van der Waals surface area contributed by atoms with E-state index in [1.54, 1.807) is 0 Å². The number of carbonyl (C=O) groups excluding carboxylic acids is 1. The number of nitrogens with one attached hydrogen (secondary N) is 1. The topological polar surface area (TPSA) is 47.6 Å². The first-order chi connectivity index (χ1) is 10.5. The maximum atomic E-state index is 12.5. The van der Waals surface area contributed by atoms with E-state index in [0.717, 1.165) is 24.3 Å². The highest BCUT2D eigenvalue weighted by atomic mass is 16.5. The lowest BCUT2D eigenvalue weighted by molar-refractivity contribution is -0.141. The van der Waals surface area contributed by atoms with Crippen molar-refractivity contribution in [2.45, 2.75) is 46.1 Å². The van der Waals surface area contributed by atoms with E-state index in [-0.39, 0.29) is 5.91 Å². The lowest BCUT2D eigenvalue weighted by Crippen LogP contribution is -2.44. The molecule has 2 rings (SSSR count). The van der Waals surface area contributed by atoms with Crippen LogP contribution >= 0.6 is 0 Å². The zero-order valence-electron chi connectivity index (χ0n) is 14.0. The fourth-order valence-corrected chi connectivity index (χ4v) is 2.46. The molecule has 4 heteroatoms. The van der Waals surface area contributed by atoms with Gasteiger partial charge < -0.3 is 14.8 Å².